The predicted molar refractivity (Wildman–Crippen MR) is 53.7 cm³/mol. The first-order valence-electron chi connectivity index (χ1n) is 4.34. The maximum absolute atomic E-state index is 13.1. The van der Waals surface area contributed by atoms with Crippen molar-refractivity contribution in [1.82, 2.24) is 5.32 Å². The van der Waals surface area contributed by atoms with Gasteiger partial charge in [-0.15, -0.1) is 0 Å². The number of carbonyl (C=O) groups excluding carboxylic acids is 1. The van der Waals surface area contributed by atoms with E-state index >= 15 is 0 Å². The van der Waals surface area contributed by atoms with Crippen molar-refractivity contribution in [3.05, 3.63) is 29.6 Å². The molecule has 0 saturated heterocycles. The highest BCUT2D eigenvalue weighted by atomic mass is 19.1. The first-order valence-corrected chi connectivity index (χ1v) is 4.34. The summed E-state index contributed by atoms with van der Waals surface area (Å²) in [5.41, 5.74) is 1.14. The molecule has 0 bridgehead atoms. The number of anilines is 1. The molecule has 0 aliphatic carbocycles. The van der Waals surface area contributed by atoms with Gasteiger partial charge in [0.25, 0.3) is 0 Å². The van der Waals surface area contributed by atoms with Crippen LogP contribution < -0.4 is 10.6 Å². The van der Waals surface area contributed by atoms with Gasteiger partial charge < -0.3 is 10.6 Å². The zero-order chi connectivity index (χ0) is 10.6. The van der Waals surface area contributed by atoms with Gasteiger partial charge >= 0.3 is 0 Å². The van der Waals surface area contributed by atoms with Crippen molar-refractivity contribution in [3.8, 4) is 0 Å². The monoisotopic (exact) mass is 196 g/mol. The highest BCUT2D eigenvalue weighted by molar-refractivity contribution is 5.92. The Morgan fingerprint density at radius 1 is 1.50 bits per heavy atom. The molecular weight excluding hydrogens is 183 g/mol. The second-order valence-corrected chi connectivity index (χ2v) is 3.06. The number of hydrogen-bond acceptors (Lipinski definition) is 2. The lowest BCUT2D eigenvalue weighted by atomic mass is 10.2. The third-order valence-corrected chi connectivity index (χ3v) is 1.73. The van der Waals surface area contributed by atoms with Crippen molar-refractivity contribution in [1.29, 1.82) is 0 Å². The highest BCUT2D eigenvalue weighted by Gasteiger charge is 2.05. The van der Waals surface area contributed by atoms with Crippen LogP contribution in [0.1, 0.15) is 5.56 Å². The second-order valence-electron chi connectivity index (χ2n) is 3.06. The van der Waals surface area contributed by atoms with Gasteiger partial charge in [-0.25, -0.2) is 4.39 Å². The highest BCUT2D eigenvalue weighted by Crippen LogP contribution is 2.15. The van der Waals surface area contributed by atoms with E-state index < -0.39 is 5.82 Å². The molecule has 0 spiro atoms. The van der Waals surface area contributed by atoms with Gasteiger partial charge in [-0.2, -0.15) is 0 Å². The predicted octanol–water partition coefficient (Wildman–Crippen LogP) is 1.29. The number of halogens is 1. The minimum absolute atomic E-state index is 0.174. The number of rotatable bonds is 3. The van der Waals surface area contributed by atoms with Crippen molar-refractivity contribution in [2.24, 2.45) is 0 Å². The minimum atomic E-state index is -0.417. The molecule has 76 valence electrons. The van der Waals surface area contributed by atoms with Crippen molar-refractivity contribution >= 4 is 11.6 Å². The Balaban J connectivity index is 2.75. The van der Waals surface area contributed by atoms with Crippen molar-refractivity contribution in [2.45, 2.75) is 6.92 Å². The van der Waals surface area contributed by atoms with E-state index in [0.717, 1.165) is 5.56 Å². The Morgan fingerprint density at radius 3 is 2.86 bits per heavy atom. The van der Waals surface area contributed by atoms with Crippen molar-refractivity contribution < 1.29 is 9.18 Å². The van der Waals surface area contributed by atoms with Gasteiger partial charge in [-0.1, -0.05) is 6.07 Å². The molecule has 0 fully saturated rings. The number of likely N-dealkylation sites (N-methyl/N-ethyl adjacent to an activating group) is 1. The van der Waals surface area contributed by atoms with E-state index in [4.69, 9.17) is 0 Å². The lowest BCUT2D eigenvalue weighted by Gasteiger charge is -2.06. The van der Waals surface area contributed by atoms with Crippen LogP contribution in [0.3, 0.4) is 0 Å². The number of hydrogen-bond donors (Lipinski definition) is 2. The zero-order valence-electron chi connectivity index (χ0n) is 8.23. The van der Waals surface area contributed by atoms with Crippen molar-refractivity contribution in [2.75, 3.05) is 18.9 Å². The van der Waals surface area contributed by atoms with Crippen LogP contribution in [0.15, 0.2) is 18.2 Å². The van der Waals surface area contributed by atoms with E-state index in [9.17, 15) is 9.18 Å². The van der Waals surface area contributed by atoms with Crippen LogP contribution >= 0.6 is 0 Å². The average Bonchev–Trinajstić information content (AvgIpc) is 2.12. The molecule has 1 aromatic carbocycles. The van der Waals surface area contributed by atoms with Gasteiger partial charge in [0, 0.05) is 0 Å². The molecule has 2 N–H and O–H groups in total. The Labute approximate surface area is 82.3 Å². The van der Waals surface area contributed by atoms with Crippen LogP contribution in [-0.4, -0.2) is 19.5 Å². The van der Waals surface area contributed by atoms with E-state index in [1.165, 1.54) is 6.07 Å². The smallest absolute Gasteiger partial charge is 0.238 e. The molecule has 1 rings (SSSR count). The molecule has 0 aliphatic heterocycles. The second kappa shape index (κ2) is 4.72. The Hall–Kier alpha value is -1.42. The molecule has 0 heterocycles. The van der Waals surface area contributed by atoms with E-state index in [-0.39, 0.29) is 18.1 Å². The zero-order valence-corrected chi connectivity index (χ0v) is 8.23. The molecule has 0 saturated carbocycles. The minimum Gasteiger partial charge on any atom is -0.322 e. The Kier molecular flexibility index (Phi) is 3.59. The van der Waals surface area contributed by atoms with E-state index in [1.807, 2.05) is 6.92 Å². The maximum Gasteiger partial charge on any atom is 0.238 e. The molecule has 0 aliphatic rings. The normalized spacial score (nSPS) is 9.93. The van der Waals surface area contributed by atoms with E-state index in [1.54, 1.807) is 19.2 Å². The fourth-order valence-corrected chi connectivity index (χ4v) is 1.09. The number of benzene rings is 1. The molecule has 0 radical (unpaired) electrons. The van der Waals surface area contributed by atoms with Crippen LogP contribution in [0.4, 0.5) is 10.1 Å². The third-order valence-electron chi connectivity index (χ3n) is 1.73. The average molecular weight is 196 g/mol. The summed E-state index contributed by atoms with van der Waals surface area (Å²) in [6.45, 7) is 2.01. The molecule has 3 nitrogen and oxygen atoms in total. The number of aryl methyl sites for hydroxylation is 1. The summed E-state index contributed by atoms with van der Waals surface area (Å²) in [5, 5.41) is 5.16. The number of amides is 1. The van der Waals surface area contributed by atoms with Gasteiger partial charge in [0.2, 0.25) is 5.91 Å². The van der Waals surface area contributed by atoms with Gasteiger partial charge in [-0.05, 0) is 31.7 Å². The molecule has 1 amide bonds. The summed E-state index contributed by atoms with van der Waals surface area (Å²) >= 11 is 0. The molecule has 4 heteroatoms. The van der Waals surface area contributed by atoms with Gasteiger partial charge in [0.1, 0.15) is 5.82 Å². The Bertz CT molecular complexity index is 339. The molecule has 0 unspecified atom stereocenters. The number of nitrogens with one attached hydrogen (secondary N) is 2. The first kappa shape index (κ1) is 10.7. The fourth-order valence-electron chi connectivity index (χ4n) is 1.09. The molecule has 0 atom stereocenters. The van der Waals surface area contributed by atoms with Crippen LogP contribution in [0.25, 0.3) is 0 Å². The Morgan fingerprint density at radius 2 is 2.21 bits per heavy atom. The van der Waals surface area contributed by atoms with Crippen LogP contribution in [-0.2, 0) is 4.79 Å². The van der Waals surface area contributed by atoms with Crippen molar-refractivity contribution in [3.63, 3.8) is 0 Å². The summed E-state index contributed by atoms with van der Waals surface area (Å²) in [6.07, 6.45) is 0. The lowest BCUT2D eigenvalue weighted by molar-refractivity contribution is -0.115. The SMILES string of the molecule is CNCC(=O)Nc1cc(C)ccc1F. The largest absolute Gasteiger partial charge is 0.322 e. The van der Waals surface area contributed by atoms with E-state index in [0.29, 0.717) is 0 Å². The fraction of sp³-hybridized carbons (Fsp3) is 0.300. The van der Waals surface area contributed by atoms with Crippen LogP contribution in [0, 0.1) is 12.7 Å². The van der Waals surface area contributed by atoms with Crippen LogP contribution in [0.5, 0.6) is 0 Å². The van der Waals surface area contributed by atoms with E-state index in [2.05, 4.69) is 10.6 Å². The summed E-state index contributed by atoms with van der Waals surface area (Å²) in [4.78, 5) is 11.1. The quantitative estimate of drug-likeness (QED) is 0.764. The topological polar surface area (TPSA) is 41.1 Å². The number of carbonyl (C=O) groups is 1. The molecule has 1 aromatic rings. The van der Waals surface area contributed by atoms with Gasteiger partial charge in [-0.3, -0.25) is 4.79 Å². The molecule has 14 heavy (non-hydrogen) atoms. The summed E-state index contributed by atoms with van der Waals surface area (Å²) in [7, 11) is 1.66. The summed E-state index contributed by atoms with van der Waals surface area (Å²) in [5.74, 6) is -0.669. The first-order chi connectivity index (χ1) is 6.63. The van der Waals surface area contributed by atoms with Gasteiger partial charge in [0.05, 0.1) is 12.2 Å². The maximum atomic E-state index is 13.1. The lowest BCUT2D eigenvalue weighted by Crippen LogP contribution is -2.25. The summed E-state index contributed by atoms with van der Waals surface area (Å²) in [6, 6.07) is 4.59. The molecular formula is C10H13FN2O. The molecule has 0 aromatic heterocycles. The summed E-state index contributed by atoms with van der Waals surface area (Å²) < 4.78 is 13.1. The van der Waals surface area contributed by atoms with Crippen LogP contribution in [0.2, 0.25) is 0 Å². The standard InChI is InChI=1S/C10H13FN2O/c1-7-3-4-8(11)9(5-7)13-10(14)6-12-2/h3-5,12H,6H2,1-2H3,(H,13,14). The third kappa shape index (κ3) is 2.81. The van der Waals surface area contributed by atoms with Gasteiger partial charge in [0.15, 0.2) is 0 Å².